The third kappa shape index (κ3) is 10.4. The largest absolute Gasteiger partial charge is 0.394 e. The second-order valence-corrected chi connectivity index (χ2v) is 6.24. The monoisotopic (exact) mass is 291 g/mol. The molecule has 5 heteroatoms. The Morgan fingerprint density at radius 2 is 1.84 bits per heavy atom. The molecule has 0 aromatic heterocycles. The first-order valence-electron chi connectivity index (χ1n) is 7.09. The summed E-state index contributed by atoms with van der Waals surface area (Å²) in [6.45, 7) is 10.7. The lowest BCUT2D eigenvalue weighted by atomic mass is 10.2. The Morgan fingerprint density at radius 3 is 2.37 bits per heavy atom. The molecule has 0 saturated heterocycles. The Bertz CT molecular complexity index is 227. The molecule has 0 bridgehead atoms. The zero-order chi connectivity index (χ0) is 14.7. The zero-order valence-electron chi connectivity index (χ0n) is 12.7. The second-order valence-electron chi connectivity index (χ2n) is 5.09. The minimum absolute atomic E-state index is 0.0405. The maximum atomic E-state index is 11.6. The van der Waals surface area contributed by atoms with Gasteiger partial charge in [-0.25, -0.2) is 0 Å². The molecule has 0 unspecified atom stereocenters. The van der Waals surface area contributed by atoms with Gasteiger partial charge in [-0.15, -0.1) is 0 Å². The molecule has 4 nitrogen and oxygen atoms in total. The third-order valence-electron chi connectivity index (χ3n) is 2.85. The molecular weight excluding hydrogens is 262 g/mol. The van der Waals surface area contributed by atoms with Gasteiger partial charge in [-0.1, -0.05) is 11.8 Å². The summed E-state index contributed by atoms with van der Waals surface area (Å²) in [4.78, 5) is 14.0. The van der Waals surface area contributed by atoms with E-state index in [-0.39, 0.29) is 11.7 Å². The molecule has 0 atom stereocenters. The van der Waals surface area contributed by atoms with Crippen LogP contribution < -0.4 is 0 Å². The van der Waals surface area contributed by atoms with E-state index in [1.807, 2.05) is 0 Å². The van der Waals surface area contributed by atoms with Crippen LogP contribution in [0, 0.1) is 0 Å². The third-order valence-corrected chi connectivity index (χ3v) is 3.75. The topological polar surface area (TPSA) is 49.8 Å². The van der Waals surface area contributed by atoms with Crippen molar-refractivity contribution in [1.82, 2.24) is 4.90 Å². The van der Waals surface area contributed by atoms with Crippen LogP contribution in [0.5, 0.6) is 0 Å². The highest BCUT2D eigenvalue weighted by Gasteiger charge is 2.13. The Balaban J connectivity index is 3.61. The smallest absolute Gasteiger partial charge is 0.189 e. The summed E-state index contributed by atoms with van der Waals surface area (Å²) in [7, 11) is 0. The lowest BCUT2D eigenvalue weighted by Crippen LogP contribution is -2.37. The van der Waals surface area contributed by atoms with Crippen LogP contribution in [-0.2, 0) is 9.53 Å². The second kappa shape index (κ2) is 11.7. The maximum absolute atomic E-state index is 11.6. The number of ether oxygens (including phenoxy) is 1. The normalized spacial score (nSPS) is 11.8. The fourth-order valence-electron chi connectivity index (χ4n) is 1.97. The summed E-state index contributed by atoms with van der Waals surface area (Å²) in [6.07, 6.45) is 1.54. The predicted molar refractivity (Wildman–Crippen MR) is 81.6 cm³/mol. The van der Waals surface area contributed by atoms with Gasteiger partial charge < -0.3 is 9.84 Å². The van der Waals surface area contributed by atoms with Crippen LogP contribution in [0.3, 0.4) is 0 Å². The molecule has 0 aliphatic carbocycles. The summed E-state index contributed by atoms with van der Waals surface area (Å²) >= 11 is 1.33. The van der Waals surface area contributed by atoms with Crippen molar-refractivity contribution in [2.45, 2.75) is 52.6 Å². The van der Waals surface area contributed by atoms with Gasteiger partial charge in [-0.3, -0.25) is 9.69 Å². The van der Waals surface area contributed by atoms with Crippen molar-refractivity contribution in [2.24, 2.45) is 0 Å². The number of rotatable bonds is 11. The molecule has 0 aliphatic rings. The Labute approximate surface area is 121 Å². The molecule has 0 aliphatic heterocycles. The fourth-order valence-corrected chi connectivity index (χ4v) is 2.69. The Kier molecular flexibility index (Phi) is 11.6. The number of hydrogen-bond donors (Lipinski definition) is 1. The van der Waals surface area contributed by atoms with E-state index in [4.69, 9.17) is 9.84 Å². The fraction of sp³-hybridized carbons (Fsp3) is 0.929. The molecule has 0 fully saturated rings. The van der Waals surface area contributed by atoms with E-state index < -0.39 is 0 Å². The molecule has 114 valence electrons. The molecule has 0 spiro atoms. The van der Waals surface area contributed by atoms with Crippen molar-refractivity contribution >= 4 is 16.9 Å². The van der Waals surface area contributed by atoms with Crippen molar-refractivity contribution in [3.05, 3.63) is 0 Å². The van der Waals surface area contributed by atoms with Crippen LogP contribution in [0.2, 0.25) is 0 Å². The van der Waals surface area contributed by atoms with Gasteiger partial charge in [-0.05, 0) is 40.7 Å². The molecule has 0 saturated carbocycles. The van der Waals surface area contributed by atoms with Crippen LogP contribution in [0.1, 0.15) is 40.5 Å². The average molecular weight is 291 g/mol. The minimum Gasteiger partial charge on any atom is -0.394 e. The molecular formula is C14H29NO3S. The van der Waals surface area contributed by atoms with Crippen LogP contribution in [-0.4, -0.2) is 59.3 Å². The van der Waals surface area contributed by atoms with E-state index in [1.54, 1.807) is 0 Å². The highest BCUT2D eigenvalue weighted by molar-refractivity contribution is 8.13. The van der Waals surface area contributed by atoms with Gasteiger partial charge >= 0.3 is 0 Å². The number of nitrogens with zero attached hydrogens (tertiary/aromatic N) is 1. The van der Waals surface area contributed by atoms with Gasteiger partial charge in [0.25, 0.3) is 0 Å². The SMILES string of the molecule is CC(C)N(CCCC(=O)SCCOCCO)C(C)C. The zero-order valence-corrected chi connectivity index (χ0v) is 13.5. The van der Waals surface area contributed by atoms with Gasteiger partial charge in [0.2, 0.25) is 0 Å². The molecule has 19 heavy (non-hydrogen) atoms. The number of aliphatic hydroxyl groups excluding tert-OH is 1. The first kappa shape index (κ1) is 18.9. The highest BCUT2D eigenvalue weighted by atomic mass is 32.2. The van der Waals surface area contributed by atoms with Crippen molar-refractivity contribution in [3.63, 3.8) is 0 Å². The molecule has 0 aromatic carbocycles. The number of hydrogen-bond acceptors (Lipinski definition) is 5. The van der Waals surface area contributed by atoms with E-state index in [2.05, 4.69) is 32.6 Å². The van der Waals surface area contributed by atoms with Crippen LogP contribution in [0.4, 0.5) is 0 Å². The van der Waals surface area contributed by atoms with Crippen molar-refractivity contribution in [2.75, 3.05) is 32.1 Å². The first-order chi connectivity index (χ1) is 8.99. The Hall–Kier alpha value is -0.100. The highest BCUT2D eigenvalue weighted by Crippen LogP contribution is 2.11. The van der Waals surface area contributed by atoms with Crippen LogP contribution in [0.15, 0.2) is 0 Å². The molecule has 0 aromatic rings. The predicted octanol–water partition coefficient (Wildman–Crippen LogP) is 2.15. The van der Waals surface area contributed by atoms with Crippen molar-refractivity contribution in [3.8, 4) is 0 Å². The quantitative estimate of drug-likeness (QED) is 0.591. The van der Waals surface area contributed by atoms with Gasteiger partial charge in [0.15, 0.2) is 5.12 Å². The van der Waals surface area contributed by atoms with Crippen LogP contribution >= 0.6 is 11.8 Å². The molecule has 1 N–H and O–H groups in total. The summed E-state index contributed by atoms with van der Waals surface area (Å²) in [5.74, 6) is 0.677. The average Bonchev–Trinajstić information content (AvgIpc) is 2.33. The Morgan fingerprint density at radius 1 is 1.21 bits per heavy atom. The van der Waals surface area contributed by atoms with E-state index in [0.717, 1.165) is 13.0 Å². The first-order valence-corrected chi connectivity index (χ1v) is 8.07. The summed E-state index contributed by atoms with van der Waals surface area (Å²) in [5.41, 5.74) is 0. The standard InChI is InChI=1S/C14H29NO3S/c1-12(2)15(13(3)4)7-5-6-14(17)19-11-10-18-9-8-16/h12-13,16H,5-11H2,1-4H3. The van der Waals surface area contributed by atoms with E-state index in [0.29, 0.717) is 37.5 Å². The van der Waals surface area contributed by atoms with E-state index in [1.165, 1.54) is 11.8 Å². The van der Waals surface area contributed by atoms with Crippen molar-refractivity contribution < 1.29 is 14.6 Å². The van der Waals surface area contributed by atoms with Crippen molar-refractivity contribution in [1.29, 1.82) is 0 Å². The van der Waals surface area contributed by atoms with Gasteiger partial charge in [0, 0.05) is 24.3 Å². The summed E-state index contributed by atoms with van der Waals surface area (Å²) in [5, 5.41) is 8.77. The molecule has 0 heterocycles. The van der Waals surface area contributed by atoms with Gasteiger partial charge in [-0.2, -0.15) is 0 Å². The minimum atomic E-state index is 0.0405. The number of carbonyl (C=O) groups excluding carboxylic acids is 1. The summed E-state index contributed by atoms with van der Waals surface area (Å²) in [6, 6.07) is 1.05. The van der Waals surface area contributed by atoms with Gasteiger partial charge in [0.1, 0.15) is 0 Å². The maximum Gasteiger partial charge on any atom is 0.189 e. The lowest BCUT2D eigenvalue weighted by Gasteiger charge is -2.30. The molecule has 0 rings (SSSR count). The molecule has 0 amide bonds. The number of aliphatic hydroxyl groups is 1. The van der Waals surface area contributed by atoms with E-state index in [9.17, 15) is 4.79 Å². The molecule has 0 radical (unpaired) electrons. The van der Waals surface area contributed by atoms with Crippen LogP contribution in [0.25, 0.3) is 0 Å². The van der Waals surface area contributed by atoms with E-state index >= 15 is 0 Å². The lowest BCUT2D eigenvalue weighted by molar-refractivity contribution is -0.111. The summed E-state index contributed by atoms with van der Waals surface area (Å²) < 4.78 is 5.11. The number of carbonyl (C=O) groups is 1. The van der Waals surface area contributed by atoms with Gasteiger partial charge in [0.05, 0.1) is 19.8 Å². The number of thioether (sulfide) groups is 1.